The van der Waals surface area contributed by atoms with Crippen LogP contribution in [0.2, 0.25) is 5.02 Å². The second-order valence-electron chi connectivity index (χ2n) is 7.69. The van der Waals surface area contributed by atoms with Crippen molar-refractivity contribution in [2.75, 3.05) is 18.4 Å². The van der Waals surface area contributed by atoms with Gasteiger partial charge in [-0.15, -0.1) is 0 Å². The van der Waals surface area contributed by atoms with Crippen LogP contribution < -0.4 is 10.6 Å². The van der Waals surface area contributed by atoms with E-state index < -0.39 is 0 Å². The van der Waals surface area contributed by atoms with E-state index in [1.54, 1.807) is 0 Å². The van der Waals surface area contributed by atoms with E-state index in [-0.39, 0.29) is 11.8 Å². The van der Waals surface area contributed by atoms with Gasteiger partial charge in [-0.25, -0.2) is 0 Å². The molecule has 0 unspecified atom stereocenters. The second kappa shape index (κ2) is 9.90. The largest absolute Gasteiger partial charge is 0.352 e. The number of aryl methyl sites for hydroxylation is 2. The third kappa shape index (κ3) is 6.58. The van der Waals surface area contributed by atoms with E-state index in [1.165, 1.54) is 0 Å². The highest BCUT2D eigenvalue weighted by Crippen LogP contribution is 2.27. The van der Waals surface area contributed by atoms with E-state index in [2.05, 4.69) is 15.5 Å². The Labute approximate surface area is 177 Å². The summed E-state index contributed by atoms with van der Waals surface area (Å²) >= 11 is 6.13. The number of nitrogens with zero attached hydrogens (tertiary/aromatic N) is 1. The van der Waals surface area contributed by atoms with Crippen LogP contribution in [0, 0.1) is 13.8 Å². The SMILES string of the molecule is Cc1ccc(C)c(NC(=O)CN(CCC(=O)NCc2ccccc2Cl)C2CC2)c1. The molecule has 2 N–H and O–H groups in total. The summed E-state index contributed by atoms with van der Waals surface area (Å²) in [6, 6.07) is 13.9. The van der Waals surface area contributed by atoms with Crippen molar-refractivity contribution in [2.45, 2.75) is 45.7 Å². The number of carbonyl (C=O) groups is 2. The molecule has 154 valence electrons. The highest BCUT2D eigenvalue weighted by molar-refractivity contribution is 6.31. The fraction of sp³-hybridized carbons (Fsp3) is 0.391. The van der Waals surface area contributed by atoms with E-state index in [4.69, 9.17) is 11.6 Å². The lowest BCUT2D eigenvalue weighted by Gasteiger charge is -2.21. The lowest BCUT2D eigenvalue weighted by atomic mass is 10.1. The molecule has 0 saturated heterocycles. The van der Waals surface area contributed by atoms with Gasteiger partial charge >= 0.3 is 0 Å². The van der Waals surface area contributed by atoms with Crippen LogP contribution in [-0.4, -0.2) is 35.8 Å². The topological polar surface area (TPSA) is 61.4 Å². The number of hydrogen-bond donors (Lipinski definition) is 2. The monoisotopic (exact) mass is 413 g/mol. The maximum atomic E-state index is 12.5. The predicted molar refractivity (Wildman–Crippen MR) is 117 cm³/mol. The van der Waals surface area contributed by atoms with Crippen molar-refractivity contribution in [2.24, 2.45) is 0 Å². The van der Waals surface area contributed by atoms with Crippen LogP contribution in [0.1, 0.15) is 36.0 Å². The minimum Gasteiger partial charge on any atom is -0.352 e. The molecule has 1 aliphatic carbocycles. The Morgan fingerprint density at radius 2 is 1.86 bits per heavy atom. The Morgan fingerprint density at radius 1 is 1.10 bits per heavy atom. The molecule has 0 spiro atoms. The molecule has 2 amide bonds. The summed E-state index contributed by atoms with van der Waals surface area (Å²) in [5.41, 5.74) is 3.90. The molecule has 0 aliphatic heterocycles. The van der Waals surface area contributed by atoms with Gasteiger partial charge in [-0.2, -0.15) is 0 Å². The van der Waals surface area contributed by atoms with E-state index in [0.717, 1.165) is 35.2 Å². The molecule has 29 heavy (non-hydrogen) atoms. The number of carbonyl (C=O) groups excluding carboxylic acids is 2. The van der Waals surface area contributed by atoms with E-state index in [1.807, 2.05) is 56.3 Å². The molecule has 3 rings (SSSR count). The first-order valence-corrected chi connectivity index (χ1v) is 10.4. The van der Waals surface area contributed by atoms with Crippen LogP contribution in [0.4, 0.5) is 5.69 Å². The van der Waals surface area contributed by atoms with Crippen molar-refractivity contribution in [1.29, 1.82) is 0 Å². The molecule has 6 heteroatoms. The lowest BCUT2D eigenvalue weighted by molar-refractivity contribution is -0.122. The van der Waals surface area contributed by atoms with Crippen LogP contribution in [0.3, 0.4) is 0 Å². The van der Waals surface area contributed by atoms with Crippen LogP contribution in [0.15, 0.2) is 42.5 Å². The molecule has 1 aliphatic rings. The van der Waals surface area contributed by atoms with Gasteiger partial charge in [0, 0.05) is 36.3 Å². The minimum absolute atomic E-state index is 0.0366. The Hall–Kier alpha value is -2.37. The standard InChI is InChI=1S/C23H28ClN3O2/c1-16-7-8-17(2)21(13-16)26-23(29)15-27(19-9-10-19)12-11-22(28)25-14-18-5-3-4-6-20(18)24/h3-8,13,19H,9-12,14-15H2,1-2H3,(H,25,28)(H,26,29). The van der Waals surface area contributed by atoms with Gasteiger partial charge in [-0.3, -0.25) is 14.5 Å². The zero-order valence-electron chi connectivity index (χ0n) is 17.0. The molecule has 1 saturated carbocycles. The third-order valence-electron chi connectivity index (χ3n) is 5.14. The number of rotatable bonds is 9. The molecular formula is C23H28ClN3O2. The summed E-state index contributed by atoms with van der Waals surface area (Å²) < 4.78 is 0. The van der Waals surface area contributed by atoms with Crippen molar-refractivity contribution in [1.82, 2.24) is 10.2 Å². The average Bonchev–Trinajstić information content (AvgIpc) is 3.52. The fourth-order valence-electron chi connectivity index (χ4n) is 3.24. The number of anilines is 1. The highest BCUT2D eigenvalue weighted by Gasteiger charge is 2.30. The second-order valence-corrected chi connectivity index (χ2v) is 8.09. The summed E-state index contributed by atoms with van der Waals surface area (Å²) in [5.74, 6) is -0.0763. The zero-order chi connectivity index (χ0) is 20.8. The molecule has 5 nitrogen and oxygen atoms in total. The van der Waals surface area contributed by atoms with Gasteiger partial charge in [-0.05, 0) is 55.5 Å². The van der Waals surface area contributed by atoms with Gasteiger partial charge in [0.2, 0.25) is 11.8 Å². The van der Waals surface area contributed by atoms with Gasteiger partial charge in [0.15, 0.2) is 0 Å². The van der Waals surface area contributed by atoms with E-state index in [9.17, 15) is 9.59 Å². The number of nitrogens with one attached hydrogen (secondary N) is 2. The molecule has 0 aromatic heterocycles. The van der Waals surface area contributed by atoms with Crippen molar-refractivity contribution in [3.8, 4) is 0 Å². The maximum Gasteiger partial charge on any atom is 0.238 e. The Balaban J connectivity index is 1.47. The summed E-state index contributed by atoms with van der Waals surface area (Å²) in [4.78, 5) is 26.9. The van der Waals surface area contributed by atoms with Gasteiger partial charge in [0.05, 0.1) is 6.54 Å². The maximum absolute atomic E-state index is 12.5. The zero-order valence-corrected chi connectivity index (χ0v) is 17.8. The summed E-state index contributed by atoms with van der Waals surface area (Å²) in [6.07, 6.45) is 2.52. The van der Waals surface area contributed by atoms with Gasteiger partial charge in [0.1, 0.15) is 0 Å². The number of hydrogen-bond acceptors (Lipinski definition) is 3. The highest BCUT2D eigenvalue weighted by atomic mass is 35.5. The number of halogens is 1. The van der Waals surface area contributed by atoms with Crippen molar-refractivity contribution < 1.29 is 9.59 Å². The van der Waals surface area contributed by atoms with Crippen molar-refractivity contribution in [3.63, 3.8) is 0 Å². The molecule has 0 heterocycles. The molecule has 0 atom stereocenters. The predicted octanol–water partition coefficient (Wildman–Crippen LogP) is 4.07. The fourth-order valence-corrected chi connectivity index (χ4v) is 3.45. The molecule has 0 radical (unpaired) electrons. The Kier molecular flexibility index (Phi) is 7.29. The molecular weight excluding hydrogens is 386 g/mol. The third-order valence-corrected chi connectivity index (χ3v) is 5.51. The number of benzene rings is 2. The first-order chi connectivity index (χ1) is 13.9. The molecule has 0 bridgehead atoms. The Morgan fingerprint density at radius 3 is 2.59 bits per heavy atom. The summed E-state index contributed by atoms with van der Waals surface area (Å²) in [7, 11) is 0. The Bertz CT molecular complexity index is 880. The first-order valence-electron chi connectivity index (χ1n) is 10.0. The van der Waals surface area contributed by atoms with Crippen LogP contribution in [-0.2, 0) is 16.1 Å². The summed E-state index contributed by atoms with van der Waals surface area (Å²) in [6.45, 7) is 5.27. The van der Waals surface area contributed by atoms with E-state index >= 15 is 0 Å². The van der Waals surface area contributed by atoms with Gasteiger partial charge < -0.3 is 10.6 Å². The van der Waals surface area contributed by atoms with Gasteiger partial charge in [-0.1, -0.05) is 41.9 Å². The smallest absolute Gasteiger partial charge is 0.238 e. The van der Waals surface area contributed by atoms with E-state index in [0.29, 0.717) is 37.1 Å². The molecule has 2 aromatic carbocycles. The summed E-state index contributed by atoms with van der Waals surface area (Å²) in [5, 5.41) is 6.57. The lowest BCUT2D eigenvalue weighted by Crippen LogP contribution is -2.37. The van der Waals surface area contributed by atoms with Crippen LogP contribution >= 0.6 is 11.6 Å². The number of amides is 2. The van der Waals surface area contributed by atoms with Crippen LogP contribution in [0.25, 0.3) is 0 Å². The van der Waals surface area contributed by atoms with Crippen LogP contribution in [0.5, 0.6) is 0 Å². The quantitative estimate of drug-likeness (QED) is 0.651. The normalized spacial score (nSPS) is 13.4. The van der Waals surface area contributed by atoms with Crippen molar-refractivity contribution in [3.05, 3.63) is 64.2 Å². The minimum atomic E-state index is -0.0397. The van der Waals surface area contributed by atoms with Gasteiger partial charge in [0.25, 0.3) is 0 Å². The molecule has 2 aromatic rings. The van der Waals surface area contributed by atoms with Crippen molar-refractivity contribution >= 4 is 29.1 Å². The first kappa shape index (κ1) is 21.3. The molecule has 1 fully saturated rings. The average molecular weight is 414 g/mol.